The van der Waals surface area contributed by atoms with E-state index in [2.05, 4.69) is 16.8 Å². The summed E-state index contributed by atoms with van der Waals surface area (Å²) in [7, 11) is 0. The lowest BCUT2D eigenvalue weighted by Crippen LogP contribution is -2.30. The number of aromatic amines is 1. The van der Waals surface area contributed by atoms with Crippen LogP contribution in [0.15, 0.2) is 130 Å². The lowest BCUT2D eigenvalue weighted by molar-refractivity contribution is -0.136. The first-order chi connectivity index (χ1) is 19.6. The van der Waals surface area contributed by atoms with E-state index in [4.69, 9.17) is 14.2 Å². The van der Waals surface area contributed by atoms with Crippen LogP contribution in [0.25, 0.3) is 0 Å². The van der Waals surface area contributed by atoms with Crippen LogP contribution in [0, 0.1) is 11.8 Å². The largest absolute Gasteiger partial charge is 0.481 e. The summed E-state index contributed by atoms with van der Waals surface area (Å²) in [5, 5.41) is 0. The molecule has 1 aromatic heterocycles. The summed E-state index contributed by atoms with van der Waals surface area (Å²) in [6.45, 7) is 0.280. The van der Waals surface area contributed by atoms with Gasteiger partial charge >= 0.3 is 11.7 Å². The monoisotopic (exact) mass is 532 g/mol. The zero-order chi connectivity index (χ0) is 27.7. The second kappa shape index (κ2) is 12.3. The van der Waals surface area contributed by atoms with Gasteiger partial charge in [0, 0.05) is 18.3 Å². The smallest absolute Gasteiger partial charge is 0.383 e. The first kappa shape index (κ1) is 26.1. The number of nitrogens with zero attached hydrogens (tertiary/aromatic N) is 1. The second-order valence-electron chi connectivity index (χ2n) is 8.74. The van der Waals surface area contributed by atoms with Crippen LogP contribution in [0.3, 0.4) is 0 Å². The van der Waals surface area contributed by atoms with Gasteiger partial charge in [0.05, 0.1) is 0 Å². The lowest BCUT2D eigenvalue weighted by atomic mass is 10.2. The van der Waals surface area contributed by atoms with E-state index in [1.807, 2.05) is 91.0 Å². The molecule has 1 aliphatic heterocycles. The summed E-state index contributed by atoms with van der Waals surface area (Å²) in [6, 6.07) is 28.0. The van der Waals surface area contributed by atoms with E-state index >= 15 is 0 Å². The van der Waals surface area contributed by atoms with E-state index in [9.17, 15) is 14.4 Å². The molecule has 1 aliphatic rings. The van der Waals surface area contributed by atoms with Gasteiger partial charge in [-0.05, 0) is 29.3 Å². The molecule has 5 rings (SSSR count). The van der Waals surface area contributed by atoms with E-state index < -0.39 is 17.2 Å². The van der Waals surface area contributed by atoms with Crippen molar-refractivity contribution >= 4 is 5.97 Å². The number of hydrogen-bond donors (Lipinski definition) is 1. The minimum Gasteiger partial charge on any atom is -0.481 e. The standard InChI is InChI=1S/C32H24N2O6/c35-30-26(17-16-23-10-4-1-5-11-23)20-34(32(37)33-30)19-18-27-28(38-21-24-12-6-2-7-13-24)29(31(36)40-27)39-22-25-14-8-3-9-15-25/h1-15,18,20H,19,21-22H2,(H,33,35,37)/b27-18-. The highest BCUT2D eigenvalue weighted by molar-refractivity contribution is 5.91. The van der Waals surface area contributed by atoms with Crippen molar-refractivity contribution in [2.24, 2.45) is 0 Å². The number of allylic oxidation sites excluding steroid dienone is 1. The number of H-pyrrole nitrogens is 1. The van der Waals surface area contributed by atoms with Gasteiger partial charge in [-0.2, -0.15) is 0 Å². The van der Waals surface area contributed by atoms with E-state index in [0.717, 1.165) is 16.7 Å². The van der Waals surface area contributed by atoms with Crippen molar-refractivity contribution in [1.82, 2.24) is 9.55 Å². The average Bonchev–Trinajstić information content (AvgIpc) is 3.29. The quantitative estimate of drug-likeness (QED) is 0.272. The molecule has 0 saturated carbocycles. The zero-order valence-electron chi connectivity index (χ0n) is 21.3. The maximum absolute atomic E-state index is 12.8. The van der Waals surface area contributed by atoms with Gasteiger partial charge in [-0.3, -0.25) is 14.3 Å². The SMILES string of the molecule is O=C1O/C(=C\Cn2cc(C#Cc3ccccc3)c(=O)[nH]c2=O)C(OCc2ccccc2)=C1OCc1ccccc1. The van der Waals surface area contributed by atoms with Gasteiger partial charge in [0.25, 0.3) is 11.3 Å². The molecular weight excluding hydrogens is 508 g/mol. The fourth-order valence-electron chi connectivity index (χ4n) is 3.83. The van der Waals surface area contributed by atoms with Gasteiger partial charge < -0.3 is 14.2 Å². The summed E-state index contributed by atoms with van der Waals surface area (Å²) < 4.78 is 18.5. The van der Waals surface area contributed by atoms with Crippen LogP contribution < -0.4 is 11.2 Å². The molecule has 0 amide bonds. The van der Waals surface area contributed by atoms with Crippen molar-refractivity contribution in [3.05, 3.63) is 164 Å². The summed E-state index contributed by atoms with van der Waals surface area (Å²) in [5.74, 6) is 5.19. The predicted octanol–water partition coefficient (Wildman–Crippen LogP) is 4.02. The molecule has 198 valence electrons. The van der Waals surface area contributed by atoms with Crippen LogP contribution in [-0.4, -0.2) is 15.5 Å². The molecule has 1 N–H and O–H groups in total. The van der Waals surface area contributed by atoms with Gasteiger partial charge in [0.1, 0.15) is 18.8 Å². The van der Waals surface area contributed by atoms with Crippen LogP contribution in [0.1, 0.15) is 22.3 Å². The van der Waals surface area contributed by atoms with E-state index in [-0.39, 0.29) is 42.6 Å². The summed E-state index contributed by atoms with van der Waals surface area (Å²) in [6.07, 6.45) is 2.89. The van der Waals surface area contributed by atoms with Gasteiger partial charge in [0.15, 0.2) is 5.76 Å². The molecule has 0 fully saturated rings. The Morgan fingerprint density at radius 3 is 1.95 bits per heavy atom. The Labute approximate surface area is 229 Å². The highest BCUT2D eigenvalue weighted by Crippen LogP contribution is 2.30. The van der Waals surface area contributed by atoms with Crippen molar-refractivity contribution in [2.75, 3.05) is 0 Å². The third-order valence-electron chi connectivity index (χ3n) is 5.87. The Morgan fingerprint density at radius 1 is 0.750 bits per heavy atom. The topological polar surface area (TPSA) is 99.6 Å². The Kier molecular flexibility index (Phi) is 8.04. The Balaban J connectivity index is 1.42. The second-order valence-corrected chi connectivity index (χ2v) is 8.74. The maximum Gasteiger partial charge on any atom is 0.383 e. The number of nitrogens with one attached hydrogen (secondary N) is 1. The molecule has 2 heterocycles. The van der Waals surface area contributed by atoms with Crippen LogP contribution in [0.5, 0.6) is 0 Å². The van der Waals surface area contributed by atoms with Gasteiger partial charge in [-0.25, -0.2) is 9.59 Å². The number of cyclic esters (lactones) is 1. The minimum absolute atomic E-state index is 0.0254. The molecule has 8 nitrogen and oxygen atoms in total. The number of ether oxygens (including phenoxy) is 3. The summed E-state index contributed by atoms with van der Waals surface area (Å²) >= 11 is 0. The van der Waals surface area contributed by atoms with Crippen molar-refractivity contribution < 1.29 is 19.0 Å². The molecule has 3 aromatic carbocycles. The van der Waals surface area contributed by atoms with Crippen molar-refractivity contribution in [3.8, 4) is 11.8 Å². The molecule has 40 heavy (non-hydrogen) atoms. The van der Waals surface area contributed by atoms with E-state index in [1.54, 1.807) is 0 Å². The Morgan fingerprint density at radius 2 is 1.32 bits per heavy atom. The molecule has 4 aromatic rings. The fraction of sp³-hybridized carbons (Fsp3) is 0.0938. The minimum atomic E-state index is -0.700. The fourth-order valence-corrected chi connectivity index (χ4v) is 3.83. The molecule has 0 unspecified atom stereocenters. The number of hydrogen-bond acceptors (Lipinski definition) is 6. The van der Waals surface area contributed by atoms with Crippen LogP contribution in [0.2, 0.25) is 0 Å². The summed E-state index contributed by atoms with van der Waals surface area (Å²) in [5.41, 5.74) is 1.38. The van der Waals surface area contributed by atoms with Gasteiger partial charge in [-0.15, -0.1) is 0 Å². The maximum atomic E-state index is 12.8. The predicted molar refractivity (Wildman–Crippen MR) is 147 cm³/mol. The molecule has 0 aliphatic carbocycles. The number of aromatic nitrogens is 2. The number of carbonyl (C=O) groups is 1. The number of carbonyl (C=O) groups excluding carboxylic acids is 1. The Bertz CT molecular complexity index is 1740. The molecular formula is C32H24N2O6. The number of benzene rings is 3. The third-order valence-corrected chi connectivity index (χ3v) is 5.87. The van der Waals surface area contributed by atoms with Crippen LogP contribution in [-0.2, 0) is 38.8 Å². The van der Waals surface area contributed by atoms with E-state index in [1.165, 1.54) is 16.8 Å². The highest BCUT2D eigenvalue weighted by atomic mass is 16.6. The molecule has 0 spiro atoms. The third kappa shape index (κ3) is 6.47. The van der Waals surface area contributed by atoms with Crippen LogP contribution >= 0.6 is 0 Å². The number of esters is 1. The molecule has 0 bridgehead atoms. The number of rotatable bonds is 8. The van der Waals surface area contributed by atoms with Gasteiger partial charge in [-0.1, -0.05) is 90.7 Å². The van der Waals surface area contributed by atoms with Gasteiger partial charge in [0.2, 0.25) is 5.76 Å². The Hall–Kier alpha value is -5.55. The molecule has 8 heteroatoms. The molecule has 0 radical (unpaired) electrons. The first-order valence-electron chi connectivity index (χ1n) is 12.5. The lowest BCUT2D eigenvalue weighted by Gasteiger charge is -2.10. The normalized spacial score (nSPS) is 13.5. The van der Waals surface area contributed by atoms with Crippen LogP contribution in [0.4, 0.5) is 0 Å². The van der Waals surface area contributed by atoms with Crippen molar-refractivity contribution in [1.29, 1.82) is 0 Å². The average molecular weight is 533 g/mol. The highest BCUT2D eigenvalue weighted by Gasteiger charge is 2.34. The zero-order valence-corrected chi connectivity index (χ0v) is 21.3. The van der Waals surface area contributed by atoms with Crippen molar-refractivity contribution in [3.63, 3.8) is 0 Å². The summed E-state index contributed by atoms with van der Waals surface area (Å²) in [4.78, 5) is 39.9. The molecule has 0 atom stereocenters. The van der Waals surface area contributed by atoms with E-state index in [0.29, 0.717) is 0 Å². The van der Waals surface area contributed by atoms with Crippen molar-refractivity contribution in [2.45, 2.75) is 19.8 Å². The first-order valence-corrected chi connectivity index (χ1v) is 12.5. The molecule has 0 saturated heterocycles.